The van der Waals surface area contributed by atoms with Crippen molar-refractivity contribution in [2.24, 2.45) is 0 Å². The molecule has 0 saturated heterocycles. The van der Waals surface area contributed by atoms with Gasteiger partial charge in [-0.15, -0.1) is 11.3 Å². The first kappa shape index (κ1) is 28.8. The van der Waals surface area contributed by atoms with Crippen LogP contribution in [0.15, 0.2) is 188 Å². The molecule has 0 bridgehead atoms. The van der Waals surface area contributed by atoms with E-state index < -0.39 is 0 Å². The lowest BCUT2D eigenvalue weighted by Crippen LogP contribution is -2.09. The van der Waals surface area contributed by atoms with Crippen molar-refractivity contribution in [1.82, 2.24) is 0 Å². The molecule has 0 unspecified atom stereocenters. The molecule has 9 aromatic carbocycles. The molecule has 0 spiro atoms. The molecule has 2 heteroatoms. The second kappa shape index (κ2) is 11.7. The van der Waals surface area contributed by atoms with Gasteiger partial charge in [0.2, 0.25) is 0 Å². The van der Waals surface area contributed by atoms with Gasteiger partial charge in [-0.1, -0.05) is 140 Å². The minimum atomic E-state index is 1.13. The van der Waals surface area contributed by atoms with E-state index in [2.05, 4.69) is 193 Å². The summed E-state index contributed by atoms with van der Waals surface area (Å²) in [6.07, 6.45) is 0. The predicted octanol–water partition coefficient (Wildman–Crippen LogP) is 14.3. The summed E-state index contributed by atoms with van der Waals surface area (Å²) in [5, 5.41) is 10.4. The first-order chi connectivity index (χ1) is 24.8. The molecule has 1 aromatic heterocycles. The first-order valence-electron chi connectivity index (χ1n) is 17.1. The third-order valence-corrected chi connectivity index (χ3v) is 11.2. The lowest BCUT2D eigenvalue weighted by Gasteiger charge is -2.26. The fourth-order valence-corrected chi connectivity index (χ4v) is 8.69. The van der Waals surface area contributed by atoms with Crippen molar-refractivity contribution in [1.29, 1.82) is 0 Å². The summed E-state index contributed by atoms with van der Waals surface area (Å²) >= 11 is 1.86. The number of anilines is 3. The molecule has 0 radical (unpaired) electrons. The van der Waals surface area contributed by atoms with Crippen LogP contribution in [0.2, 0.25) is 0 Å². The zero-order chi connectivity index (χ0) is 33.0. The summed E-state index contributed by atoms with van der Waals surface area (Å²) in [7, 11) is 0. The Morgan fingerprint density at radius 1 is 0.280 bits per heavy atom. The van der Waals surface area contributed by atoms with Gasteiger partial charge in [0, 0.05) is 37.2 Å². The second-order valence-electron chi connectivity index (χ2n) is 13.0. The molecule has 0 amide bonds. The topological polar surface area (TPSA) is 3.24 Å². The van der Waals surface area contributed by atoms with Gasteiger partial charge in [0.25, 0.3) is 0 Å². The van der Waals surface area contributed by atoms with Crippen LogP contribution < -0.4 is 4.90 Å². The summed E-state index contributed by atoms with van der Waals surface area (Å²) in [6.45, 7) is 0. The minimum absolute atomic E-state index is 1.13. The van der Waals surface area contributed by atoms with Crippen molar-refractivity contribution in [3.05, 3.63) is 188 Å². The molecule has 10 aromatic rings. The molecule has 10 rings (SSSR count). The number of rotatable bonds is 5. The Balaban J connectivity index is 1.05. The molecule has 0 N–H and O–H groups in total. The number of fused-ring (bicyclic) bond motifs is 8. The Labute approximate surface area is 294 Å². The quantitative estimate of drug-likeness (QED) is 0.167. The average molecular weight is 654 g/mol. The number of benzene rings is 9. The average Bonchev–Trinajstić information content (AvgIpc) is 3.56. The molecule has 0 aliphatic carbocycles. The molecule has 234 valence electrons. The van der Waals surface area contributed by atoms with Crippen molar-refractivity contribution in [3.8, 4) is 22.3 Å². The maximum Gasteiger partial charge on any atom is 0.0476 e. The lowest BCUT2D eigenvalue weighted by atomic mass is 9.95. The molecule has 50 heavy (non-hydrogen) atoms. The smallest absolute Gasteiger partial charge is 0.0476 e. The van der Waals surface area contributed by atoms with Crippen molar-refractivity contribution < 1.29 is 0 Å². The Morgan fingerprint density at radius 2 is 0.780 bits per heavy atom. The van der Waals surface area contributed by atoms with Gasteiger partial charge in [-0.05, 0) is 103 Å². The molecule has 0 aliphatic heterocycles. The molecular weight excluding hydrogens is 623 g/mol. The Morgan fingerprint density at radius 3 is 1.54 bits per heavy atom. The van der Waals surface area contributed by atoms with Crippen LogP contribution in [0.3, 0.4) is 0 Å². The minimum Gasteiger partial charge on any atom is -0.310 e. The van der Waals surface area contributed by atoms with Crippen LogP contribution >= 0.6 is 11.3 Å². The maximum absolute atomic E-state index is 2.37. The highest BCUT2D eigenvalue weighted by Gasteiger charge is 2.16. The fraction of sp³-hybridized carbons (Fsp3) is 0. The highest BCUT2D eigenvalue weighted by atomic mass is 32.1. The van der Waals surface area contributed by atoms with E-state index in [1.165, 1.54) is 74.7 Å². The molecule has 0 atom stereocenters. The van der Waals surface area contributed by atoms with Crippen LogP contribution in [-0.4, -0.2) is 0 Å². The monoisotopic (exact) mass is 653 g/mol. The molecule has 1 heterocycles. The molecular formula is C48H31NS. The molecule has 1 nitrogen and oxygen atoms in total. The molecule has 0 saturated carbocycles. The van der Waals surface area contributed by atoms with Crippen LogP contribution in [-0.2, 0) is 0 Å². The summed E-state index contributed by atoms with van der Waals surface area (Å²) in [5.74, 6) is 0. The lowest BCUT2D eigenvalue weighted by molar-refractivity contribution is 1.29. The van der Waals surface area contributed by atoms with Gasteiger partial charge >= 0.3 is 0 Å². The number of hydrogen-bond acceptors (Lipinski definition) is 2. The highest BCUT2D eigenvalue weighted by molar-refractivity contribution is 7.25. The van der Waals surface area contributed by atoms with E-state index in [4.69, 9.17) is 0 Å². The van der Waals surface area contributed by atoms with Gasteiger partial charge in [0.15, 0.2) is 0 Å². The van der Waals surface area contributed by atoms with Crippen molar-refractivity contribution in [3.63, 3.8) is 0 Å². The maximum atomic E-state index is 2.37. The third kappa shape index (κ3) is 4.84. The summed E-state index contributed by atoms with van der Waals surface area (Å²) in [6, 6.07) is 68.7. The third-order valence-electron chi connectivity index (χ3n) is 10.1. The van der Waals surface area contributed by atoms with Crippen LogP contribution in [0.5, 0.6) is 0 Å². The normalized spacial score (nSPS) is 11.6. The van der Waals surface area contributed by atoms with Gasteiger partial charge < -0.3 is 4.90 Å². The number of nitrogens with zero attached hydrogens (tertiary/aromatic N) is 1. The van der Waals surface area contributed by atoms with Crippen LogP contribution in [0.25, 0.3) is 74.7 Å². The Bertz CT molecular complexity index is 2850. The van der Waals surface area contributed by atoms with E-state index in [0.717, 1.165) is 17.1 Å². The van der Waals surface area contributed by atoms with E-state index >= 15 is 0 Å². The standard InChI is InChI=1S/C48H31NS/c1-2-8-32(9-3-1)33-14-21-38(22-15-33)49(40-25-29-46-45-12-6-7-13-47(45)50-48(46)31-40)39-23-16-34(17-24-39)36-19-26-42-37(30-36)20-28-43-41-11-5-4-10-35(41)18-27-44(42)43/h1-31H. The Kier molecular flexibility index (Phi) is 6.75. The van der Waals surface area contributed by atoms with E-state index in [9.17, 15) is 0 Å². The SMILES string of the molecule is c1ccc(-c2ccc(N(c3ccc(-c4ccc5c(ccc6c7ccccc7ccc56)c4)cc3)c3ccc4c(c3)sc3ccccc34)cc2)cc1. The number of hydrogen-bond donors (Lipinski definition) is 0. The Hall–Kier alpha value is -6.22. The van der Waals surface area contributed by atoms with E-state index in [-0.39, 0.29) is 0 Å². The zero-order valence-corrected chi connectivity index (χ0v) is 28.1. The number of thiophene rings is 1. The van der Waals surface area contributed by atoms with E-state index in [0.29, 0.717) is 0 Å². The largest absolute Gasteiger partial charge is 0.310 e. The zero-order valence-electron chi connectivity index (χ0n) is 27.3. The summed E-state index contributed by atoms with van der Waals surface area (Å²) in [5.41, 5.74) is 8.25. The highest BCUT2D eigenvalue weighted by Crippen LogP contribution is 2.42. The second-order valence-corrected chi connectivity index (χ2v) is 14.0. The van der Waals surface area contributed by atoms with Crippen molar-refractivity contribution in [2.45, 2.75) is 0 Å². The molecule has 0 aliphatic rings. The van der Waals surface area contributed by atoms with Crippen molar-refractivity contribution in [2.75, 3.05) is 4.90 Å². The van der Waals surface area contributed by atoms with Crippen LogP contribution in [0.4, 0.5) is 17.1 Å². The van der Waals surface area contributed by atoms with Crippen LogP contribution in [0, 0.1) is 0 Å². The summed E-state index contributed by atoms with van der Waals surface area (Å²) in [4.78, 5) is 2.37. The predicted molar refractivity (Wildman–Crippen MR) is 217 cm³/mol. The van der Waals surface area contributed by atoms with Crippen molar-refractivity contribution >= 4 is 80.9 Å². The van der Waals surface area contributed by atoms with Gasteiger partial charge in [-0.3, -0.25) is 0 Å². The van der Waals surface area contributed by atoms with Gasteiger partial charge in [0.05, 0.1) is 0 Å². The van der Waals surface area contributed by atoms with Gasteiger partial charge in [-0.25, -0.2) is 0 Å². The van der Waals surface area contributed by atoms with Crippen LogP contribution in [0.1, 0.15) is 0 Å². The first-order valence-corrected chi connectivity index (χ1v) is 17.9. The van der Waals surface area contributed by atoms with Gasteiger partial charge in [-0.2, -0.15) is 0 Å². The molecule has 0 fully saturated rings. The van der Waals surface area contributed by atoms with E-state index in [1.54, 1.807) is 0 Å². The van der Waals surface area contributed by atoms with E-state index in [1.807, 2.05) is 11.3 Å². The fourth-order valence-electron chi connectivity index (χ4n) is 7.55. The van der Waals surface area contributed by atoms with Gasteiger partial charge in [0.1, 0.15) is 0 Å². The summed E-state index contributed by atoms with van der Waals surface area (Å²) < 4.78 is 2.61.